The molecule has 2 heterocycles. The molecule has 0 saturated carbocycles. The minimum Gasteiger partial charge on any atom is -0.208 e. The van der Waals surface area contributed by atoms with Crippen molar-refractivity contribution in [1.29, 1.82) is 0 Å². The van der Waals surface area contributed by atoms with Crippen LogP contribution in [0, 0.1) is 0 Å². The van der Waals surface area contributed by atoms with E-state index in [0.717, 1.165) is 22.1 Å². The van der Waals surface area contributed by atoms with Crippen molar-refractivity contribution < 1.29 is 0 Å². The van der Waals surface area contributed by atoms with Crippen LogP contribution in [0.3, 0.4) is 0 Å². The fourth-order valence-corrected chi connectivity index (χ4v) is 8.22. The molecular weight excluding hydrogens is 639 g/mol. The molecule has 8 aromatic carbocycles. The van der Waals surface area contributed by atoms with Gasteiger partial charge in [-0.2, -0.15) is 0 Å². The summed E-state index contributed by atoms with van der Waals surface area (Å²) in [6.45, 7) is 0. The van der Waals surface area contributed by atoms with Gasteiger partial charge in [0.2, 0.25) is 0 Å². The molecule has 0 aliphatic carbocycles. The summed E-state index contributed by atoms with van der Waals surface area (Å²) in [6, 6.07) is 62.4. The van der Waals surface area contributed by atoms with Crippen molar-refractivity contribution in [3.05, 3.63) is 176 Å². The van der Waals surface area contributed by atoms with Crippen LogP contribution in [0.15, 0.2) is 176 Å². The Labute approximate surface area is 299 Å². The summed E-state index contributed by atoms with van der Waals surface area (Å²) in [7, 11) is 0. The smallest absolute Gasteiger partial charge is 0.164 e. The van der Waals surface area contributed by atoms with E-state index in [-0.39, 0.29) is 0 Å². The van der Waals surface area contributed by atoms with E-state index in [0.29, 0.717) is 17.5 Å². The third kappa shape index (κ3) is 5.34. The van der Waals surface area contributed by atoms with E-state index in [1.165, 1.54) is 58.6 Å². The zero-order valence-electron chi connectivity index (χ0n) is 27.5. The Balaban J connectivity index is 1.03. The van der Waals surface area contributed by atoms with Crippen LogP contribution in [0.5, 0.6) is 0 Å². The lowest BCUT2D eigenvalue weighted by Crippen LogP contribution is -2.00. The average Bonchev–Trinajstić information content (AvgIpc) is 3.58. The molecule has 3 nitrogen and oxygen atoms in total. The van der Waals surface area contributed by atoms with Crippen LogP contribution >= 0.6 is 11.3 Å². The Morgan fingerprint density at radius 1 is 0.294 bits per heavy atom. The largest absolute Gasteiger partial charge is 0.208 e. The summed E-state index contributed by atoms with van der Waals surface area (Å²) in [5, 5.41) is 7.38. The summed E-state index contributed by atoms with van der Waals surface area (Å²) >= 11 is 1.81. The summed E-state index contributed by atoms with van der Waals surface area (Å²) in [5.41, 5.74) is 7.80. The molecule has 4 heteroatoms. The highest BCUT2D eigenvalue weighted by atomic mass is 32.1. The molecule has 10 rings (SSSR count). The highest BCUT2D eigenvalue weighted by Crippen LogP contribution is 2.39. The first-order chi connectivity index (χ1) is 25.2. The number of thiophene rings is 1. The maximum absolute atomic E-state index is 5.05. The van der Waals surface area contributed by atoms with Gasteiger partial charge in [-0.25, -0.2) is 15.0 Å². The van der Waals surface area contributed by atoms with Gasteiger partial charge in [-0.05, 0) is 68.1 Å². The predicted octanol–water partition coefficient (Wildman–Crippen LogP) is 12.9. The first-order valence-electron chi connectivity index (χ1n) is 17.1. The zero-order valence-corrected chi connectivity index (χ0v) is 28.3. The van der Waals surface area contributed by atoms with Crippen LogP contribution in [0.2, 0.25) is 0 Å². The minimum atomic E-state index is 0.663. The normalized spacial score (nSPS) is 11.5. The van der Waals surface area contributed by atoms with E-state index in [2.05, 4.69) is 146 Å². The van der Waals surface area contributed by atoms with Gasteiger partial charge in [-0.3, -0.25) is 0 Å². The molecule has 0 radical (unpaired) electrons. The van der Waals surface area contributed by atoms with Gasteiger partial charge in [-0.1, -0.05) is 152 Å². The minimum absolute atomic E-state index is 0.663. The van der Waals surface area contributed by atoms with Gasteiger partial charge in [-0.15, -0.1) is 11.3 Å². The van der Waals surface area contributed by atoms with Gasteiger partial charge >= 0.3 is 0 Å². The van der Waals surface area contributed by atoms with Gasteiger partial charge in [0, 0.05) is 36.9 Å². The van der Waals surface area contributed by atoms with Crippen molar-refractivity contribution in [3.63, 3.8) is 0 Å². The molecule has 0 saturated heterocycles. The van der Waals surface area contributed by atoms with Crippen LogP contribution in [0.4, 0.5) is 0 Å². The molecule has 0 unspecified atom stereocenters. The quantitative estimate of drug-likeness (QED) is 0.183. The molecule has 0 fully saturated rings. The van der Waals surface area contributed by atoms with Gasteiger partial charge in [0.25, 0.3) is 0 Å². The Morgan fingerprint density at radius 2 is 0.902 bits per heavy atom. The molecule has 0 atom stereocenters. The van der Waals surface area contributed by atoms with Crippen LogP contribution in [0.1, 0.15) is 0 Å². The Hall–Kier alpha value is -6.49. The zero-order chi connectivity index (χ0) is 33.7. The number of fused-ring (bicyclic) bond motifs is 5. The average molecular weight is 668 g/mol. The topological polar surface area (TPSA) is 38.7 Å². The molecule has 0 N–H and O–H groups in total. The lowest BCUT2D eigenvalue weighted by molar-refractivity contribution is 1.08. The summed E-state index contributed by atoms with van der Waals surface area (Å²) < 4.78 is 2.47. The van der Waals surface area contributed by atoms with E-state index in [1.807, 2.05) is 30.3 Å². The summed E-state index contributed by atoms with van der Waals surface area (Å²) in [6.07, 6.45) is 0. The molecular formula is C47H29N3S. The standard InChI is InChI=1S/C47H29N3S/c1-2-11-34(12-3-1)45-48-46(37-22-19-30-9-4-5-13-35(30)27-37)50-47(49-45)38-23-25-41-42-28-36(24-26-43(42)51-44(41)29-38)31-17-20-33(21-18-31)40-16-8-14-32-10-6-7-15-39(32)40/h1-29H. The molecule has 51 heavy (non-hydrogen) atoms. The first-order valence-corrected chi connectivity index (χ1v) is 17.9. The molecule has 0 bridgehead atoms. The second-order valence-electron chi connectivity index (χ2n) is 12.9. The number of aromatic nitrogens is 3. The number of rotatable bonds is 5. The van der Waals surface area contributed by atoms with Crippen LogP contribution in [-0.4, -0.2) is 15.0 Å². The van der Waals surface area contributed by atoms with Crippen LogP contribution in [-0.2, 0) is 0 Å². The highest BCUT2D eigenvalue weighted by Gasteiger charge is 2.15. The van der Waals surface area contributed by atoms with Gasteiger partial charge < -0.3 is 0 Å². The first kappa shape index (κ1) is 29.4. The second-order valence-corrected chi connectivity index (χ2v) is 13.9. The van der Waals surface area contributed by atoms with E-state index in [9.17, 15) is 0 Å². The van der Waals surface area contributed by atoms with Crippen molar-refractivity contribution in [2.75, 3.05) is 0 Å². The number of hydrogen-bond donors (Lipinski definition) is 0. The number of nitrogens with zero attached hydrogens (tertiary/aromatic N) is 3. The SMILES string of the molecule is c1ccc(-c2nc(-c3ccc4ccccc4c3)nc(-c3ccc4c(c3)sc3ccc(-c5ccc(-c6cccc7ccccc67)cc5)cc34)n2)cc1. The Kier molecular flexibility index (Phi) is 7.00. The van der Waals surface area contributed by atoms with E-state index in [1.54, 1.807) is 11.3 Å². The number of hydrogen-bond acceptors (Lipinski definition) is 4. The molecule has 10 aromatic rings. The third-order valence-electron chi connectivity index (χ3n) is 9.72. The molecule has 0 aliphatic heterocycles. The van der Waals surface area contributed by atoms with Crippen molar-refractivity contribution in [2.24, 2.45) is 0 Å². The van der Waals surface area contributed by atoms with Gasteiger partial charge in [0.15, 0.2) is 17.5 Å². The lowest BCUT2D eigenvalue weighted by Gasteiger charge is -2.09. The maximum Gasteiger partial charge on any atom is 0.164 e. The van der Waals surface area contributed by atoms with Gasteiger partial charge in [0.1, 0.15) is 0 Å². The van der Waals surface area contributed by atoms with Crippen molar-refractivity contribution in [3.8, 4) is 56.4 Å². The second kappa shape index (κ2) is 12.1. The highest BCUT2D eigenvalue weighted by molar-refractivity contribution is 7.25. The number of benzene rings is 8. The van der Waals surface area contributed by atoms with Crippen molar-refractivity contribution in [2.45, 2.75) is 0 Å². The third-order valence-corrected chi connectivity index (χ3v) is 10.9. The fourth-order valence-electron chi connectivity index (χ4n) is 7.09. The van der Waals surface area contributed by atoms with E-state index < -0.39 is 0 Å². The Bertz CT molecular complexity index is 2900. The summed E-state index contributed by atoms with van der Waals surface area (Å²) in [4.78, 5) is 15.0. The van der Waals surface area contributed by atoms with E-state index >= 15 is 0 Å². The monoisotopic (exact) mass is 667 g/mol. The summed E-state index contributed by atoms with van der Waals surface area (Å²) in [5.74, 6) is 1.99. The van der Waals surface area contributed by atoms with Crippen LogP contribution < -0.4 is 0 Å². The fraction of sp³-hybridized carbons (Fsp3) is 0. The van der Waals surface area contributed by atoms with Crippen molar-refractivity contribution in [1.82, 2.24) is 15.0 Å². The predicted molar refractivity (Wildman–Crippen MR) is 215 cm³/mol. The van der Waals surface area contributed by atoms with E-state index in [4.69, 9.17) is 15.0 Å². The molecule has 0 spiro atoms. The molecule has 2 aromatic heterocycles. The molecule has 0 aliphatic rings. The molecule has 238 valence electrons. The van der Waals surface area contributed by atoms with Crippen LogP contribution in [0.25, 0.3) is 98.1 Å². The Morgan fingerprint density at radius 3 is 1.73 bits per heavy atom. The lowest BCUT2D eigenvalue weighted by atomic mass is 9.96. The van der Waals surface area contributed by atoms with Gasteiger partial charge in [0.05, 0.1) is 0 Å². The maximum atomic E-state index is 5.05. The van der Waals surface area contributed by atoms with Crippen molar-refractivity contribution >= 4 is 53.1 Å². The molecule has 0 amide bonds.